The largest absolute Gasteiger partial charge is 0.507 e. The summed E-state index contributed by atoms with van der Waals surface area (Å²) in [6.07, 6.45) is 0. The number of aryl methyl sites for hydroxylation is 1. The molecule has 0 aliphatic carbocycles. The zero-order chi connectivity index (χ0) is 11.7. The average Bonchev–Trinajstić information content (AvgIpc) is 2.77. The number of aromatic hydroxyl groups is 1. The van der Waals surface area contributed by atoms with Gasteiger partial charge >= 0.3 is 0 Å². The number of rotatable bonds is 2. The maximum atomic E-state index is 10.0. The van der Waals surface area contributed by atoms with E-state index in [1.807, 2.05) is 36.6 Å². The summed E-state index contributed by atoms with van der Waals surface area (Å²) < 4.78 is 0.844. The van der Waals surface area contributed by atoms with Crippen molar-refractivity contribution in [1.82, 2.24) is 0 Å². The fourth-order valence-corrected chi connectivity index (χ4v) is 2.90. The minimum Gasteiger partial charge on any atom is -0.507 e. The summed E-state index contributed by atoms with van der Waals surface area (Å²) in [5.41, 5.74) is 7.74. The summed E-state index contributed by atoms with van der Waals surface area (Å²) >= 11 is 5.02. The first-order valence-corrected chi connectivity index (χ1v) is 6.55. The lowest BCUT2D eigenvalue weighted by Gasteiger charge is -2.15. The number of halogens is 2. The highest BCUT2D eigenvalue weighted by Gasteiger charge is 2.18. The molecule has 1 heterocycles. The van der Waals surface area contributed by atoms with Crippen LogP contribution in [0.3, 0.4) is 0 Å². The zero-order valence-electron chi connectivity index (χ0n) is 9.18. The van der Waals surface area contributed by atoms with Crippen LogP contribution in [0.4, 0.5) is 0 Å². The molecule has 0 amide bonds. The molecule has 1 atom stereocenters. The highest BCUT2D eigenvalue weighted by atomic mass is 79.9. The zero-order valence-corrected chi connectivity index (χ0v) is 12.4. The quantitative estimate of drug-likeness (QED) is 0.872. The summed E-state index contributed by atoms with van der Waals surface area (Å²) in [6.45, 7) is 1.87. The third-order valence-electron chi connectivity index (χ3n) is 2.53. The van der Waals surface area contributed by atoms with Gasteiger partial charge in [0.05, 0.1) is 6.04 Å². The molecule has 0 saturated carbocycles. The minimum absolute atomic E-state index is 0. The molecule has 0 spiro atoms. The SMILES string of the molecule is Cc1ccc(Br)c([C@H](N)c2cccs2)c1O.Cl. The lowest BCUT2D eigenvalue weighted by Crippen LogP contribution is -2.11. The Bertz CT molecular complexity index is 501. The normalized spacial score (nSPS) is 11.9. The van der Waals surface area contributed by atoms with E-state index in [9.17, 15) is 5.11 Å². The predicted octanol–water partition coefficient (Wildman–Crippen LogP) is 3.99. The second kappa shape index (κ2) is 5.87. The van der Waals surface area contributed by atoms with E-state index in [-0.39, 0.29) is 24.2 Å². The first kappa shape index (κ1) is 14.5. The Morgan fingerprint density at radius 3 is 2.65 bits per heavy atom. The molecular weight excluding hydrogens is 322 g/mol. The van der Waals surface area contributed by atoms with Crippen LogP contribution in [-0.2, 0) is 0 Å². The van der Waals surface area contributed by atoms with Crippen LogP contribution >= 0.6 is 39.7 Å². The van der Waals surface area contributed by atoms with E-state index < -0.39 is 0 Å². The fraction of sp³-hybridized carbons (Fsp3) is 0.167. The average molecular weight is 335 g/mol. The Morgan fingerprint density at radius 1 is 1.35 bits per heavy atom. The Kier molecular flexibility index (Phi) is 5.01. The Balaban J connectivity index is 0.00000144. The molecule has 0 bridgehead atoms. The van der Waals surface area contributed by atoms with Crippen molar-refractivity contribution >= 4 is 39.7 Å². The molecule has 0 fully saturated rings. The molecule has 92 valence electrons. The van der Waals surface area contributed by atoms with E-state index >= 15 is 0 Å². The van der Waals surface area contributed by atoms with E-state index in [4.69, 9.17) is 5.73 Å². The van der Waals surface area contributed by atoms with Crippen molar-refractivity contribution in [2.45, 2.75) is 13.0 Å². The van der Waals surface area contributed by atoms with Crippen molar-refractivity contribution in [3.8, 4) is 5.75 Å². The molecule has 1 aromatic carbocycles. The third-order valence-corrected chi connectivity index (χ3v) is 4.17. The Hall–Kier alpha value is -0.550. The summed E-state index contributed by atoms with van der Waals surface area (Å²) in [6, 6.07) is 7.43. The van der Waals surface area contributed by atoms with Crippen molar-refractivity contribution in [1.29, 1.82) is 0 Å². The van der Waals surface area contributed by atoms with Gasteiger partial charge < -0.3 is 10.8 Å². The second-order valence-corrected chi connectivity index (χ2v) is 5.45. The van der Waals surface area contributed by atoms with E-state index in [1.165, 1.54) is 0 Å². The molecule has 0 aliphatic rings. The number of thiophene rings is 1. The van der Waals surface area contributed by atoms with E-state index in [0.717, 1.165) is 20.5 Å². The number of nitrogens with two attached hydrogens (primary N) is 1. The van der Waals surface area contributed by atoms with E-state index in [0.29, 0.717) is 0 Å². The van der Waals surface area contributed by atoms with Gasteiger partial charge in [0.1, 0.15) is 5.75 Å². The summed E-state index contributed by atoms with van der Waals surface area (Å²) in [7, 11) is 0. The molecule has 1 aromatic heterocycles. The van der Waals surface area contributed by atoms with Crippen molar-refractivity contribution in [3.05, 3.63) is 50.1 Å². The lowest BCUT2D eigenvalue weighted by atomic mass is 10.0. The second-order valence-electron chi connectivity index (χ2n) is 3.62. The lowest BCUT2D eigenvalue weighted by molar-refractivity contribution is 0.460. The van der Waals surface area contributed by atoms with Gasteiger partial charge in [-0.05, 0) is 30.0 Å². The smallest absolute Gasteiger partial charge is 0.124 e. The number of phenolic OH excluding ortho intramolecular Hbond substituents is 1. The van der Waals surface area contributed by atoms with Gasteiger partial charge in [-0.2, -0.15) is 0 Å². The number of hydrogen-bond acceptors (Lipinski definition) is 3. The van der Waals surface area contributed by atoms with Crippen LogP contribution in [0, 0.1) is 6.92 Å². The van der Waals surface area contributed by atoms with Crippen molar-refractivity contribution in [2.24, 2.45) is 5.73 Å². The van der Waals surface area contributed by atoms with Crippen LogP contribution < -0.4 is 5.73 Å². The molecule has 17 heavy (non-hydrogen) atoms. The third kappa shape index (κ3) is 2.83. The van der Waals surface area contributed by atoms with Crippen LogP contribution in [0.15, 0.2) is 34.1 Å². The van der Waals surface area contributed by atoms with Crippen molar-refractivity contribution < 1.29 is 5.11 Å². The molecular formula is C12H13BrClNOS. The standard InChI is InChI=1S/C12H12BrNOS.ClH/c1-7-4-5-8(13)10(12(7)15)11(14)9-3-2-6-16-9;/h2-6,11,15H,14H2,1H3;1H/t11-;/m1./s1. The van der Waals surface area contributed by atoms with E-state index in [2.05, 4.69) is 15.9 Å². The molecule has 3 N–H and O–H groups in total. The summed E-state index contributed by atoms with van der Waals surface area (Å²) in [5, 5.41) is 12.0. The summed E-state index contributed by atoms with van der Waals surface area (Å²) in [5.74, 6) is 0.273. The van der Waals surface area contributed by atoms with Crippen LogP contribution in [0.5, 0.6) is 5.75 Å². The van der Waals surface area contributed by atoms with Gasteiger partial charge in [-0.1, -0.05) is 28.1 Å². The molecule has 5 heteroatoms. The molecule has 0 aliphatic heterocycles. The molecule has 2 nitrogen and oxygen atoms in total. The highest BCUT2D eigenvalue weighted by Crippen LogP contribution is 2.37. The van der Waals surface area contributed by atoms with Crippen LogP contribution in [-0.4, -0.2) is 5.11 Å². The molecule has 0 unspecified atom stereocenters. The van der Waals surface area contributed by atoms with Crippen LogP contribution in [0.25, 0.3) is 0 Å². The first-order valence-electron chi connectivity index (χ1n) is 4.88. The Labute approximate surface area is 119 Å². The maximum Gasteiger partial charge on any atom is 0.124 e. The predicted molar refractivity (Wildman–Crippen MR) is 78.1 cm³/mol. The monoisotopic (exact) mass is 333 g/mol. The van der Waals surface area contributed by atoms with Gasteiger partial charge in [0.25, 0.3) is 0 Å². The van der Waals surface area contributed by atoms with Crippen molar-refractivity contribution in [2.75, 3.05) is 0 Å². The van der Waals surface area contributed by atoms with Crippen molar-refractivity contribution in [3.63, 3.8) is 0 Å². The number of hydrogen-bond donors (Lipinski definition) is 2. The maximum absolute atomic E-state index is 10.0. The van der Waals surface area contributed by atoms with E-state index in [1.54, 1.807) is 11.3 Å². The highest BCUT2D eigenvalue weighted by molar-refractivity contribution is 9.10. The molecule has 2 aromatic rings. The minimum atomic E-state index is -0.283. The topological polar surface area (TPSA) is 46.2 Å². The first-order chi connectivity index (χ1) is 7.61. The number of benzene rings is 1. The number of phenols is 1. The van der Waals surface area contributed by atoms with Gasteiger partial charge in [-0.25, -0.2) is 0 Å². The van der Waals surface area contributed by atoms with Gasteiger partial charge in [0, 0.05) is 14.9 Å². The molecule has 2 rings (SSSR count). The Morgan fingerprint density at radius 2 is 2.06 bits per heavy atom. The molecule has 0 saturated heterocycles. The van der Waals surface area contributed by atoms with Gasteiger partial charge in [-0.15, -0.1) is 23.7 Å². The van der Waals surface area contributed by atoms with Crippen LogP contribution in [0.1, 0.15) is 22.0 Å². The summed E-state index contributed by atoms with van der Waals surface area (Å²) in [4.78, 5) is 1.04. The van der Waals surface area contributed by atoms with Gasteiger partial charge in [0.15, 0.2) is 0 Å². The van der Waals surface area contributed by atoms with Gasteiger partial charge in [-0.3, -0.25) is 0 Å². The molecule has 0 radical (unpaired) electrons. The van der Waals surface area contributed by atoms with Gasteiger partial charge in [0.2, 0.25) is 0 Å². The fourth-order valence-electron chi connectivity index (χ4n) is 1.60. The van der Waals surface area contributed by atoms with Crippen LogP contribution in [0.2, 0.25) is 0 Å².